The van der Waals surface area contributed by atoms with Crippen molar-refractivity contribution in [2.24, 2.45) is 23.0 Å². The van der Waals surface area contributed by atoms with Gasteiger partial charge < -0.3 is 15.4 Å². The smallest absolute Gasteiger partial charge is 0.220 e. The molecular weight excluding hydrogens is 316 g/mol. The normalized spacial score (nSPS) is 11.5. The monoisotopic (exact) mass is 326 g/mol. The maximum atomic E-state index is 10.1. The first-order chi connectivity index (χ1) is 8.41. The molecule has 2 rings (SSSR count). The van der Waals surface area contributed by atoms with E-state index in [2.05, 4.69) is 38.4 Å². The fraction of sp³-hybridized carbons (Fsp3) is 0.182. The van der Waals surface area contributed by atoms with Crippen molar-refractivity contribution in [1.29, 1.82) is 0 Å². The molecule has 1 heterocycles. The molecule has 94 valence electrons. The number of hydrogen-bond donors (Lipinski definition) is 2. The van der Waals surface area contributed by atoms with Gasteiger partial charge in [0.05, 0.1) is 5.52 Å². The molecular formula is C11H11BrN4OS. The third-order valence-electron chi connectivity index (χ3n) is 2.58. The zero-order chi connectivity index (χ0) is 13.4. The summed E-state index contributed by atoms with van der Waals surface area (Å²) in [5.41, 5.74) is 7.53. The molecule has 0 spiro atoms. The van der Waals surface area contributed by atoms with E-state index >= 15 is 0 Å². The number of benzene rings is 1. The summed E-state index contributed by atoms with van der Waals surface area (Å²) in [6, 6.07) is 3.89. The number of fused-ring (bicyclic) bond motifs is 1. The van der Waals surface area contributed by atoms with Gasteiger partial charge in [0.15, 0.2) is 5.69 Å². The van der Waals surface area contributed by atoms with Crippen molar-refractivity contribution in [1.82, 2.24) is 4.57 Å². The van der Waals surface area contributed by atoms with Crippen LogP contribution in [0, 0.1) is 6.92 Å². The lowest BCUT2D eigenvalue weighted by molar-refractivity contribution is 0.436. The van der Waals surface area contributed by atoms with Crippen molar-refractivity contribution >= 4 is 49.9 Å². The zero-order valence-corrected chi connectivity index (χ0v) is 12.2. The van der Waals surface area contributed by atoms with Crippen LogP contribution in [0.25, 0.3) is 10.9 Å². The second-order valence-corrected chi connectivity index (χ2v) is 5.18. The second-order valence-electron chi connectivity index (χ2n) is 3.91. The number of aryl methyl sites for hydroxylation is 2. The van der Waals surface area contributed by atoms with Crippen LogP contribution >= 0.6 is 28.1 Å². The zero-order valence-electron chi connectivity index (χ0n) is 9.81. The van der Waals surface area contributed by atoms with Crippen LogP contribution in [0.2, 0.25) is 0 Å². The molecule has 2 aromatic rings. The SMILES string of the molecule is Cc1cc(Br)c2c(c1)c(N=NC(N)=S)c(O)n2C. The summed E-state index contributed by atoms with van der Waals surface area (Å²) in [5.74, 6) is 0.0244. The lowest BCUT2D eigenvalue weighted by Gasteiger charge is -2.01. The van der Waals surface area contributed by atoms with Gasteiger partial charge in [-0.2, -0.15) is 0 Å². The number of rotatable bonds is 1. The number of aromatic hydroxyl groups is 1. The summed E-state index contributed by atoms with van der Waals surface area (Å²) in [6.07, 6.45) is 0. The summed E-state index contributed by atoms with van der Waals surface area (Å²) in [4.78, 5) is 0. The Hall–Kier alpha value is -1.47. The largest absolute Gasteiger partial charge is 0.493 e. The highest BCUT2D eigenvalue weighted by atomic mass is 79.9. The number of nitrogens with two attached hydrogens (primary N) is 1. The van der Waals surface area contributed by atoms with Crippen molar-refractivity contribution in [2.45, 2.75) is 6.92 Å². The molecule has 0 aliphatic carbocycles. The highest BCUT2D eigenvalue weighted by Gasteiger charge is 2.16. The third kappa shape index (κ3) is 2.11. The number of nitrogens with zero attached hydrogens (tertiary/aromatic N) is 3. The summed E-state index contributed by atoms with van der Waals surface area (Å²) < 4.78 is 2.51. The Kier molecular flexibility index (Phi) is 3.36. The highest BCUT2D eigenvalue weighted by Crippen LogP contribution is 2.41. The van der Waals surface area contributed by atoms with E-state index in [0.29, 0.717) is 5.69 Å². The third-order valence-corrected chi connectivity index (χ3v) is 3.26. The number of halogens is 1. The van der Waals surface area contributed by atoms with Crippen LogP contribution in [0.15, 0.2) is 26.8 Å². The Morgan fingerprint density at radius 3 is 2.78 bits per heavy atom. The van der Waals surface area contributed by atoms with Crippen LogP contribution in [-0.4, -0.2) is 14.8 Å². The molecule has 0 amide bonds. The fourth-order valence-electron chi connectivity index (χ4n) is 1.84. The predicted octanol–water partition coefficient (Wildman–Crippen LogP) is 3.28. The van der Waals surface area contributed by atoms with Gasteiger partial charge in [-0.25, -0.2) is 0 Å². The molecule has 1 aromatic carbocycles. The lowest BCUT2D eigenvalue weighted by Crippen LogP contribution is -2.01. The molecule has 0 saturated heterocycles. The van der Waals surface area contributed by atoms with Crippen LogP contribution in [0.1, 0.15) is 5.56 Å². The summed E-state index contributed by atoms with van der Waals surface area (Å²) in [6.45, 7) is 1.96. The molecule has 1 aromatic heterocycles. The highest BCUT2D eigenvalue weighted by molar-refractivity contribution is 9.10. The van der Waals surface area contributed by atoms with E-state index in [4.69, 9.17) is 5.73 Å². The molecule has 5 nitrogen and oxygen atoms in total. The van der Waals surface area contributed by atoms with Crippen LogP contribution < -0.4 is 5.73 Å². The van der Waals surface area contributed by atoms with Crippen LogP contribution in [0.5, 0.6) is 5.88 Å². The minimum absolute atomic E-state index is 0.0244. The van der Waals surface area contributed by atoms with E-state index in [0.717, 1.165) is 20.9 Å². The molecule has 7 heteroatoms. The van der Waals surface area contributed by atoms with Gasteiger partial charge in [-0.15, -0.1) is 10.2 Å². The van der Waals surface area contributed by atoms with Gasteiger partial charge in [-0.05, 0) is 52.8 Å². The maximum Gasteiger partial charge on any atom is 0.220 e. The van der Waals surface area contributed by atoms with E-state index in [1.807, 2.05) is 19.1 Å². The molecule has 18 heavy (non-hydrogen) atoms. The van der Waals surface area contributed by atoms with E-state index in [1.54, 1.807) is 11.6 Å². The Balaban J connectivity index is 2.81. The number of hydrogen-bond acceptors (Lipinski definition) is 3. The van der Waals surface area contributed by atoms with Gasteiger partial charge in [-0.1, -0.05) is 0 Å². The van der Waals surface area contributed by atoms with Gasteiger partial charge in [0.2, 0.25) is 11.0 Å². The molecule has 0 radical (unpaired) electrons. The first-order valence-corrected chi connectivity index (χ1v) is 6.30. The molecule has 0 fully saturated rings. The second kappa shape index (κ2) is 4.66. The topological polar surface area (TPSA) is 75.9 Å². The van der Waals surface area contributed by atoms with E-state index in [-0.39, 0.29) is 11.0 Å². The molecule has 0 aliphatic heterocycles. The number of aromatic nitrogens is 1. The Labute approximate surface area is 117 Å². The number of azo groups is 1. The fourth-order valence-corrected chi connectivity index (χ4v) is 2.72. The predicted molar refractivity (Wildman–Crippen MR) is 78.3 cm³/mol. The summed E-state index contributed by atoms with van der Waals surface area (Å²) in [5, 5.41) is 18.3. The molecule has 3 N–H and O–H groups in total. The Morgan fingerprint density at radius 2 is 2.17 bits per heavy atom. The van der Waals surface area contributed by atoms with Crippen molar-refractivity contribution < 1.29 is 5.11 Å². The van der Waals surface area contributed by atoms with Gasteiger partial charge in [0.1, 0.15) is 0 Å². The molecule has 0 atom stereocenters. The van der Waals surface area contributed by atoms with E-state index in [1.165, 1.54) is 0 Å². The van der Waals surface area contributed by atoms with Crippen LogP contribution in [-0.2, 0) is 7.05 Å². The first-order valence-electron chi connectivity index (χ1n) is 5.10. The summed E-state index contributed by atoms with van der Waals surface area (Å²) in [7, 11) is 1.75. The van der Waals surface area contributed by atoms with Crippen molar-refractivity contribution in [3.63, 3.8) is 0 Å². The first kappa shape index (κ1) is 13.0. The lowest BCUT2D eigenvalue weighted by atomic mass is 10.1. The van der Waals surface area contributed by atoms with Crippen molar-refractivity contribution in [2.75, 3.05) is 0 Å². The maximum absolute atomic E-state index is 10.1. The molecule has 0 aliphatic rings. The Morgan fingerprint density at radius 1 is 1.50 bits per heavy atom. The minimum atomic E-state index is -0.0712. The van der Waals surface area contributed by atoms with Crippen molar-refractivity contribution in [3.8, 4) is 5.88 Å². The molecule has 0 unspecified atom stereocenters. The number of thiocarbonyl (C=S) groups is 1. The van der Waals surface area contributed by atoms with E-state index < -0.39 is 0 Å². The quantitative estimate of drug-likeness (QED) is 0.623. The van der Waals surface area contributed by atoms with Gasteiger partial charge in [0.25, 0.3) is 0 Å². The van der Waals surface area contributed by atoms with Crippen molar-refractivity contribution in [3.05, 3.63) is 22.2 Å². The van der Waals surface area contributed by atoms with E-state index in [9.17, 15) is 5.11 Å². The van der Waals surface area contributed by atoms with Gasteiger partial charge >= 0.3 is 0 Å². The Bertz CT molecular complexity index is 677. The average Bonchev–Trinajstić information content (AvgIpc) is 2.49. The standard InChI is InChI=1S/C11H11BrN4OS/c1-5-3-6-8(14-15-11(13)18)10(17)16(2)9(6)7(12)4-5/h3-4,17H,1-2H3,(H2,13,18). The van der Waals surface area contributed by atoms with Crippen LogP contribution in [0.4, 0.5) is 5.69 Å². The molecule has 0 bridgehead atoms. The van der Waals surface area contributed by atoms with Crippen LogP contribution in [0.3, 0.4) is 0 Å². The summed E-state index contributed by atoms with van der Waals surface area (Å²) >= 11 is 8.11. The van der Waals surface area contributed by atoms with Gasteiger partial charge in [-0.3, -0.25) is 0 Å². The molecule has 0 saturated carbocycles. The minimum Gasteiger partial charge on any atom is -0.493 e. The van der Waals surface area contributed by atoms with Gasteiger partial charge in [0, 0.05) is 16.9 Å². The average molecular weight is 327 g/mol.